The van der Waals surface area contributed by atoms with Gasteiger partial charge < -0.3 is 18.9 Å². The Hall–Kier alpha value is -3.68. The predicted molar refractivity (Wildman–Crippen MR) is 167 cm³/mol. The molecule has 0 fully saturated rings. The molecule has 0 saturated heterocycles. The molecule has 0 atom stereocenters. The molecule has 0 unspecified atom stereocenters. The summed E-state index contributed by atoms with van der Waals surface area (Å²) >= 11 is 0. The minimum Gasteiger partial charge on any atom is -0.491 e. The molecule has 0 radical (unpaired) electrons. The first-order valence-corrected chi connectivity index (χ1v) is 14.9. The van der Waals surface area contributed by atoms with Gasteiger partial charge in [-0.15, -0.1) is 0 Å². The van der Waals surface area contributed by atoms with Crippen molar-refractivity contribution < 1.29 is 18.9 Å². The average Bonchev–Trinajstić information content (AvgIpc) is 3.02. The maximum atomic E-state index is 6.22. The zero-order chi connectivity index (χ0) is 28.7. The van der Waals surface area contributed by atoms with Crippen LogP contribution in [0.2, 0.25) is 0 Å². The van der Waals surface area contributed by atoms with Gasteiger partial charge in [0, 0.05) is 50.4 Å². The highest BCUT2D eigenvalue weighted by molar-refractivity contribution is 5.34. The third kappa shape index (κ3) is 9.71. The van der Waals surface area contributed by atoms with Crippen LogP contribution in [0.15, 0.2) is 109 Å². The number of nitrogens with zero attached hydrogens (tertiary/aromatic N) is 2. The van der Waals surface area contributed by atoms with Crippen LogP contribution in [0.1, 0.15) is 22.3 Å². The van der Waals surface area contributed by atoms with Crippen molar-refractivity contribution in [2.75, 3.05) is 52.7 Å². The molecular formula is C36H42N2O4. The Balaban J connectivity index is 1.27. The maximum absolute atomic E-state index is 6.22. The van der Waals surface area contributed by atoms with Gasteiger partial charge in [-0.1, -0.05) is 97.1 Å². The third-order valence-electron chi connectivity index (χ3n) is 7.31. The molecular weight excluding hydrogens is 524 g/mol. The normalized spacial score (nSPS) is 16.8. The Labute approximate surface area is 250 Å². The van der Waals surface area contributed by atoms with Gasteiger partial charge >= 0.3 is 0 Å². The largest absolute Gasteiger partial charge is 0.491 e. The Morgan fingerprint density at radius 1 is 0.429 bits per heavy atom. The summed E-state index contributed by atoms with van der Waals surface area (Å²) in [7, 11) is 0. The highest BCUT2D eigenvalue weighted by Crippen LogP contribution is 2.22. The molecule has 1 aliphatic rings. The molecule has 42 heavy (non-hydrogen) atoms. The van der Waals surface area contributed by atoms with Crippen LogP contribution in [-0.4, -0.2) is 62.5 Å². The standard InChI is InChI=1S/C36H42N2O4/c1-3-11-31(12-4-1)27-37-19-21-39-23-25-42-36-18-10-8-16-34(36)30-38(28-32-13-5-2-6-14-32)20-22-40-24-26-41-35-17-9-7-15-33(35)29-37/h1-18H,19-30H2. The zero-order valence-electron chi connectivity index (χ0n) is 24.4. The van der Waals surface area contributed by atoms with Crippen LogP contribution in [0.25, 0.3) is 0 Å². The molecule has 1 aliphatic heterocycles. The monoisotopic (exact) mass is 566 g/mol. The van der Waals surface area contributed by atoms with E-state index in [4.69, 9.17) is 18.9 Å². The zero-order valence-corrected chi connectivity index (χ0v) is 24.4. The number of rotatable bonds is 4. The van der Waals surface area contributed by atoms with E-state index >= 15 is 0 Å². The van der Waals surface area contributed by atoms with Crippen LogP contribution in [0.3, 0.4) is 0 Å². The van der Waals surface area contributed by atoms with Crippen LogP contribution >= 0.6 is 0 Å². The van der Waals surface area contributed by atoms with E-state index in [1.807, 2.05) is 12.1 Å². The second-order valence-electron chi connectivity index (χ2n) is 10.5. The fourth-order valence-corrected chi connectivity index (χ4v) is 5.16. The predicted octanol–water partition coefficient (Wildman–Crippen LogP) is 6.20. The fraction of sp³-hybridized carbons (Fsp3) is 0.333. The van der Waals surface area contributed by atoms with Gasteiger partial charge in [0.25, 0.3) is 0 Å². The molecule has 0 bridgehead atoms. The molecule has 220 valence electrons. The van der Waals surface area contributed by atoms with Gasteiger partial charge in [-0.2, -0.15) is 0 Å². The quantitative estimate of drug-likeness (QED) is 0.293. The van der Waals surface area contributed by atoms with Gasteiger partial charge in [0.05, 0.1) is 26.4 Å². The second kappa shape index (κ2) is 16.7. The summed E-state index contributed by atoms with van der Waals surface area (Å²) in [6, 6.07) is 37.8. The molecule has 4 aromatic rings. The van der Waals surface area contributed by atoms with Crippen LogP contribution in [0.5, 0.6) is 11.5 Å². The van der Waals surface area contributed by atoms with Crippen LogP contribution in [0, 0.1) is 0 Å². The number of benzene rings is 4. The van der Waals surface area contributed by atoms with Gasteiger partial charge in [0.15, 0.2) is 0 Å². The van der Waals surface area contributed by atoms with Crippen molar-refractivity contribution in [3.8, 4) is 11.5 Å². The number of para-hydroxylation sites is 2. The molecule has 0 N–H and O–H groups in total. The highest BCUT2D eigenvalue weighted by atomic mass is 16.5. The van der Waals surface area contributed by atoms with Crippen LogP contribution < -0.4 is 9.47 Å². The Morgan fingerprint density at radius 2 is 0.833 bits per heavy atom. The SMILES string of the molecule is c1ccc(CN2CCOCCOc3ccccc3CN(Cc3ccccc3)CCOCCOc3ccccc3C2)cc1. The molecule has 0 amide bonds. The minimum absolute atomic E-state index is 0.508. The molecule has 0 saturated carbocycles. The van der Waals surface area contributed by atoms with Gasteiger partial charge in [0.1, 0.15) is 24.7 Å². The molecule has 0 spiro atoms. The van der Waals surface area contributed by atoms with E-state index in [9.17, 15) is 0 Å². The van der Waals surface area contributed by atoms with E-state index < -0.39 is 0 Å². The molecule has 0 aromatic heterocycles. The van der Waals surface area contributed by atoms with Crippen molar-refractivity contribution in [1.82, 2.24) is 9.80 Å². The number of hydrogen-bond donors (Lipinski definition) is 0. The summed E-state index contributed by atoms with van der Waals surface area (Å²) in [5.41, 5.74) is 4.88. The van der Waals surface area contributed by atoms with Crippen molar-refractivity contribution in [3.63, 3.8) is 0 Å². The van der Waals surface area contributed by atoms with Crippen molar-refractivity contribution in [2.45, 2.75) is 26.2 Å². The smallest absolute Gasteiger partial charge is 0.123 e. The Kier molecular flexibility index (Phi) is 11.8. The first kappa shape index (κ1) is 29.8. The summed E-state index contributed by atoms with van der Waals surface area (Å²) in [5, 5.41) is 0. The highest BCUT2D eigenvalue weighted by Gasteiger charge is 2.14. The Bertz CT molecular complexity index is 1220. The summed E-state index contributed by atoms with van der Waals surface area (Å²) in [6.07, 6.45) is 0. The summed E-state index contributed by atoms with van der Waals surface area (Å²) < 4.78 is 24.6. The topological polar surface area (TPSA) is 43.4 Å². The molecule has 5 rings (SSSR count). The number of ether oxygens (including phenoxy) is 4. The van der Waals surface area contributed by atoms with Gasteiger partial charge in [-0.3, -0.25) is 9.80 Å². The molecule has 1 heterocycles. The first-order valence-electron chi connectivity index (χ1n) is 14.9. The lowest BCUT2D eigenvalue weighted by Crippen LogP contribution is -2.28. The minimum atomic E-state index is 0.508. The molecule has 6 nitrogen and oxygen atoms in total. The summed E-state index contributed by atoms with van der Waals surface area (Å²) in [5.74, 6) is 1.82. The Morgan fingerprint density at radius 3 is 1.29 bits per heavy atom. The van der Waals surface area contributed by atoms with Crippen LogP contribution in [0.4, 0.5) is 0 Å². The lowest BCUT2D eigenvalue weighted by molar-refractivity contribution is 0.0695. The lowest BCUT2D eigenvalue weighted by Gasteiger charge is -2.25. The van der Waals surface area contributed by atoms with Crippen molar-refractivity contribution in [3.05, 3.63) is 131 Å². The summed E-state index contributed by atoms with van der Waals surface area (Å²) in [6.45, 7) is 8.16. The number of hydrogen-bond acceptors (Lipinski definition) is 6. The maximum Gasteiger partial charge on any atom is 0.123 e. The van der Waals surface area contributed by atoms with Crippen molar-refractivity contribution >= 4 is 0 Å². The molecule has 4 aromatic carbocycles. The van der Waals surface area contributed by atoms with E-state index in [0.717, 1.165) is 61.9 Å². The van der Waals surface area contributed by atoms with Crippen molar-refractivity contribution in [1.29, 1.82) is 0 Å². The summed E-state index contributed by atoms with van der Waals surface area (Å²) in [4.78, 5) is 4.81. The van der Waals surface area contributed by atoms with E-state index in [1.54, 1.807) is 0 Å². The van der Waals surface area contributed by atoms with E-state index in [0.29, 0.717) is 39.6 Å². The van der Waals surface area contributed by atoms with E-state index in [-0.39, 0.29) is 0 Å². The first-order chi connectivity index (χ1) is 20.8. The average molecular weight is 567 g/mol. The second-order valence-corrected chi connectivity index (χ2v) is 10.5. The van der Waals surface area contributed by atoms with Gasteiger partial charge in [0.2, 0.25) is 0 Å². The van der Waals surface area contributed by atoms with E-state index in [2.05, 4.69) is 107 Å². The number of fused-ring (bicyclic) bond motifs is 2. The van der Waals surface area contributed by atoms with Gasteiger partial charge in [-0.25, -0.2) is 0 Å². The molecule has 6 heteroatoms. The van der Waals surface area contributed by atoms with E-state index in [1.165, 1.54) is 11.1 Å². The lowest BCUT2D eigenvalue weighted by atomic mass is 10.1. The van der Waals surface area contributed by atoms with Crippen molar-refractivity contribution in [2.24, 2.45) is 0 Å². The van der Waals surface area contributed by atoms with Crippen LogP contribution in [-0.2, 0) is 35.7 Å². The van der Waals surface area contributed by atoms with Gasteiger partial charge in [-0.05, 0) is 23.3 Å². The fourth-order valence-electron chi connectivity index (χ4n) is 5.16. The molecule has 0 aliphatic carbocycles. The third-order valence-corrected chi connectivity index (χ3v) is 7.31.